The van der Waals surface area contributed by atoms with Crippen LogP contribution in [0.4, 0.5) is 0 Å². The number of carbonyl (C=O) groups excluding carboxylic acids is 1. The molecule has 0 amide bonds. The van der Waals surface area contributed by atoms with Gasteiger partial charge >= 0.3 is 0 Å². The normalized spacial score (nSPS) is 14.4. The van der Waals surface area contributed by atoms with Crippen LogP contribution in [0.25, 0.3) is 0 Å². The summed E-state index contributed by atoms with van der Waals surface area (Å²) in [5.41, 5.74) is 0.165. The van der Waals surface area contributed by atoms with Gasteiger partial charge in [0.1, 0.15) is 5.60 Å². The van der Waals surface area contributed by atoms with E-state index in [1.54, 1.807) is 6.92 Å². The summed E-state index contributed by atoms with van der Waals surface area (Å²) in [6.45, 7) is 5.67. The lowest BCUT2D eigenvalue weighted by Crippen LogP contribution is -2.27. The van der Waals surface area contributed by atoms with E-state index in [1.807, 2.05) is 30.3 Å². The van der Waals surface area contributed by atoms with Gasteiger partial charge < -0.3 is 4.74 Å². The van der Waals surface area contributed by atoms with Gasteiger partial charge in [-0.3, -0.25) is 4.79 Å². The molecule has 0 heterocycles. The molecule has 0 saturated carbocycles. The average Bonchev–Trinajstić information content (AvgIpc) is 2.27. The molecule has 2 nitrogen and oxygen atoms in total. The van der Waals surface area contributed by atoms with Crippen molar-refractivity contribution < 1.29 is 9.53 Å². The molecule has 1 aromatic carbocycles. The van der Waals surface area contributed by atoms with Gasteiger partial charge in [-0.2, -0.15) is 0 Å². The number of carbonyl (C=O) groups is 1. The Labute approximate surface area is 84.2 Å². The van der Waals surface area contributed by atoms with Crippen LogP contribution in [-0.4, -0.2) is 11.9 Å². The van der Waals surface area contributed by atoms with Crippen LogP contribution < -0.4 is 0 Å². The number of rotatable bonds is 5. The van der Waals surface area contributed by atoms with Crippen molar-refractivity contribution in [2.45, 2.75) is 19.1 Å². The smallest absolute Gasteiger partial charge is 0.155 e. The zero-order valence-corrected chi connectivity index (χ0v) is 8.27. The first-order valence-corrected chi connectivity index (χ1v) is 4.48. The molecule has 0 aliphatic carbocycles. The fourth-order valence-corrected chi connectivity index (χ4v) is 0.954. The van der Waals surface area contributed by atoms with Crippen molar-refractivity contribution in [3.63, 3.8) is 0 Å². The molecule has 0 spiro atoms. The molecule has 2 heteroatoms. The SMILES string of the molecule is C=C[C@](C)(C=O)OCc1ccccc1. The third-order valence-corrected chi connectivity index (χ3v) is 2.03. The monoisotopic (exact) mass is 190 g/mol. The van der Waals surface area contributed by atoms with Crippen LogP contribution in [0.15, 0.2) is 43.0 Å². The van der Waals surface area contributed by atoms with Crippen molar-refractivity contribution in [3.8, 4) is 0 Å². The largest absolute Gasteiger partial charge is 0.359 e. The van der Waals surface area contributed by atoms with Crippen LogP contribution in [0.5, 0.6) is 0 Å². The minimum Gasteiger partial charge on any atom is -0.359 e. The highest BCUT2D eigenvalue weighted by atomic mass is 16.5. The molecule has 0 bridgehead atoms. The summed E-state index contributed by atoms with van der Waals surface area (Å²) < 4.78 is 5.43. The summed E-state index contributed by atoms with van der Waals surface area (Å²) >= 11 is 0. The molecule has 0 aliphatic rings. The molecular formula is C12H14O2. The van der Waals surface area contributed by atoms with Gasteiger partial charge in [-0.1, -0.05) is 43.0 Å². The van der Waals surface area contributed by atoms with Crippen LogP contribution >= 0.6 is 0 Å². The number of ether oxygens (including phenoxy) is 1. The zero-order valence-electron chi connectivity index (χ0n) is 8.27. The first-order chi connectivity index (χ1) is 6.70. The summed E-state index contributed by atoms with van der Waals surface area (Å²) in [6, 6.07) is 9.72. The van der Waals surface area contributed by atoms with Crippen molar-refractivity contribution in [1.29, 1.82) is 0 Å². The predicted octanol–water partition coefficient (Wildman–Crippen LogP) is 2.35. The van der Waals surface area contributed by atoms with Crippen molar-refractivity contribution >= 4 is 6.29 Å². The molecule has 14 heavy (non-hydrogen) atoms. The number of hydrogen-bond donors (Lipinski definition) is 0. The van der Waals surface area contributed by atoms with Crippen molar-refractivity contribution in [1.82, 2.24) is 0 Å². The van der Waals surface area contributed by atoms with Gasteiger partial charge in [0.05, 0.1) is 6.61 Å². The highest BCUT2D eigenvalue weighted by Crippen LogP contribution is 2.11. The van der Waals surface area contributed by atoms with Crippen LogP contribution in [0.3, 0.4) is 0 Å². The van der Waals surface area contributed by atoms with Gasteiger partial charge in [0.2, 0.25) is 0 Å². The fourth-order valence-electron chi connectivity index (χ4n) is 0.954. The average molecular weight is 190 g/mol. The molecule has 0 aromatic heterocycles. The van der Waals surface area contributed by atoms with Crippen molar-refractivity contribution in [2.24, 2.45) is 0 Å². The van der Waals surface area contributed by atoms with E-state index in [0.717, 1.165) is 11.8 Å². The van der Waals surface area contributed by atoms with E-state index >= 15 is 0 Å². The second kappa shape index (κ2) is 4.72. The molecule has 1 aromatic rings. The maximum absolute atomic E-state index is 10.7. The lowest BCUT2D eigenvalue weighted by atomic mass is 10.1. The van der Waals surface area contributed by atoms with E-state index < -0.39 is 5.60 Å². The summed E-state index contributed by atoms with van der Waals surface area (Å²) in [7, 11) is 0. The van der Waals surface area contributed by atoms with Crippen LogP contribution in [0, 0.1) is 0 Å². The lowest BCUT2D eigenvalue weighted by Gasteiger charge is -2.18. The lowest BCUT2D eigenvalue weighted by molar-refractivity contribution is -0.124. The minimum absolute atomic E-state index is 0.419. The Hall–Kier alpha value is -1.41. The topological polar surface area (TPSA) is 26.3 Å². The van der Waals surface area contributed by atoms with Crippen LogP contribution in [-0.2, 0) is 16.1 Å². The summed E-state index contributed by atoms with van der Waals surface area (Å²) in [4.78, 5) is 10.7. The Kier molecular flexibility index (Phi) is 3.60. The van der Waals surface area contributed by atoms with Crippen LogP contribution in [0.1, 0.15) is 12.5 Å². The van der Waals surface area contributed by atoms with Gasteiger partial charge in [0, 0.05) is 0 Å². The molecule has 0 saturated heterocycles. The second-order valence-corrected chi connectivity index (χ2v) is 3.28. The Balaban J connectivity index is 2.56. The van der Waals surface area contributed by atoms with Gasteiger partial charge in [-0.25, -0.2) is 0 Å². The van der Waals surface area contributed by atoms with E-state index in [1.165, 1.54) is 6.08 Å². The molecule has 0 unspecified atom stereocenters. The Morgan fingerprint density at radius 3 is 2.57 bits per heavy atom. The molecule has 0 radical (unpaired) electrons. The fraction of sp³-hybridized carbons (Fsp3) is 0.250. The van der Waals surface area contributed by atoms with E-state index in [9.17, 15) is 4.79 Å². The first-order valence-electron chi connectivity index (χ1n) is 4.48. The standard InChI is InChI=1S/C12H14O2/c1-3-12(2,10-13)14-9-11-7-5-4-6-8-11/h3-8,10H,1,9H2,2H3/t12-/m1/s1. The van der Waals surface area contributed by atoms with E-state index in [-0.39, 0.29) is 0 Å². The Morgan fingerprint density at radius 1 is 1.43 bits per heavy atom. The van der Waals surface area contributed by atoms with E-state index in [2.05, 4.69) is 6.58 Å². The van der Waals surface area contributed by atoms with Crippen LogP contribution in [0.2, 0.25) is 0 Å². The second-order valence-electron chi connectivity index (χ2n) is 3.28. The third kappa shape index (κ3) is 2.82. The maximum Gasteiger partial charge on any atom is 0.155 e. The first kappa shape index (κ1) is 10.7. The highest BCUT2D eigenvalue weighted by Gasteiger charge is 2.19. The predicted molar refractivity (Wildman–Crippen MR) is 55.9 cm³/mol. The van der Waals surface area contributed by atoms with Gasteiger partial charge in [0.15, 0.2) is 6.29 Å². The maximum atomic E-state index is 10.7. The zero-order chi connectivity index (χ0) is 10.4. The molecule has 74 valence electrons. The summed E-state index contributed by atoms with van der Waals surface area (Å²) in [5, 5.41) is 0. The summed E-state index contributed by atoms with van der Waals surface area (Å²) in [5.74, 6) is 0. The number of hydrogen-bond acceptors (Lipinski definition) is 2. The highest BCUT2D eigenvalue weighted by molar-refractivity contribution is 5.65. The van der Waals surface area contributed by atoms with E-state index in [0.29, 0.717) is 6.61 Å². The number of benzene rings is 1. The quantitative estimate of drug-likeness (QED) is 0.526. The molecule has 1 atom stereocenters. The van der Waals surface area contributed by atoms with Crippen molar-refractivity contribution in [2.75, 3.05) is 0 Å². The third-order valence-electron chi connectivity index (χ3n) is 2.03. The summed E-state index contributed by atoms with van der Waals surface area (Å²) in [6.07, 6.45) is 2.26. The molecular weight excluding hydrogens is 176 g/mol. The molecule has 0 N–H and O–H groups in total. The van der Waals surface area contributed by atoms with Gasteiger partial charge in [-0.05, 0) is 12.5 Å². The molecule has 0 fully saturated rings. The van der Waals surface area contributed by atoms with Gasteiger partial charge in [-0.15, -0.1) is 0 Å². The van der Waals surface area contributed by atoms with Gasteiger partial charge in [0.25, 0.3) is 0 Å². The Morgan fingerprint density at radius 2 is 2.07 bits per heavy atom. The number of aldehydes is 1. The minimum atomic E-state index is -0.879. The molecule has 1 rings (SSSR count). The molecule has 0 aliphatic heterocycles. The van der Waals surface area contributed by atoms with E-state index in [4.69, 9.17) is 4.74 Å². The Bertz CT molecular complexity index is 295. The van der Waals surface area contributed by atoms with Crippen molar-refractivity contribution in [3.05, 3.63) is 48.6 Å².